The highest BCUT2D eigenvalue weighted by atomic mass is 32.1. The first-order valence-corrected chi connectivity index (χ1v) is 11.8. The molecule has 1 N–H and O–H groups in total. The third kappa shape index (κ3) is 5.43. The number of rotatable bonds is 10. The van der Waals surface area contributed by atoms with Crippen LogP contribution in [0.5, 0.6) is 5.75 Å². The van der Waals surface area contributed by atoms with Crippen LogP contribution in [0, 0.1) is 6.92 Å². The second kappa shape index (κ2) is 10.2. The molecule has 0 bridgehead atoms. The Balaban J connectivity index is 1.45. The lowest BCUT2D eigenvalue weighted by Crippen LogP contribution is -2.29. The standard InChI is InChI=1S/C26H27NO5S/c1-16(2)31-23(26(28)29)15-19-9-10-22(20-12-14-33-24(19)20)30-13-11-21-17(3)32-25(27-21)18-7-5-4-6-8-18/h4-10,12,14,16,23H,11,13,15H2,1-3H3,(H,28,29). The maximum absolute atomic E-state index is 11.6. The van der Waals surface area contributed by atoms with Crippen LogP contribution in [0.1, 0.15) is 30.9 Å². The van der Waals surface area contributed by atoms with Crippen LogP contribution in [-0.2, 0) is 22.4 Å². The third-order valence-electron chi connectivity index (χ3n) is 5.29. The van der Waals surface area contributed by atoms with E-state index in [0.717, 1.165) is 38.4 Å². The molecule has 0 saturated carbocycles. The number of fused-ring (bicyclic) bond motifs is 1. The quantitative estimate of drug-likeness (QED) is 0.314. The lowest BCUT2D eigenvalue weighted by atomic mass is 10.1. The van der Waals surface area contributed by atoms with E-state index < -0.39 is 12.1 Å². The van der Waals surface area contributed by atoms with Gasteiger partial charge in [-0.25, -0.2) is 9.78 Å². The Morgan fingerprint density at radius 2 is 1.94 bits per heavy atom. The first kappa shape index (κ1) is 23.0. The fourth-order valence-electron chi connectivity index (χ4n) is 3.72. The van der Waals surface area contributed by atoms with Gasteiger partial charge in [-0.2, -0.15) is 0 Å². The van der Waals surface area contributed by atoms with Crippen molar-refractivity contribution in [3.05, 3.63) is 70.9 Å². The first-order valence-electron chi connectivity index (χ1n) is 10.9. The van der Waals surface area contributed by atoms with E-state index >= 15 is 0 Å². The van der Waals surface area contributed by atoms with Gasteiger partial charge in [0.2, 0.25) is 5.89 Å². The molecule has 0 radical (unpaired) electrons. The van der Waals surface area contributed by atoms with Gasteiger partial charge < -0.3 is 19.0 Å². The number of oxazole rings is 1. The number of carboxylic acids is 1. The Bertz CT molecular complexity index is 1230. The van der Waals surface area contributed by atoms with Crippen molar-refractivity contribution in [1.29, 1.82) is 0 Å². The molecule has 0 aliphatic rings. The van der Waals surface area contributed by atoms with Crippen LogP contribution in [0.4, 0.5) is 0 Å². The summed E-state index contributed by atoms with van der Waals surface area (Å²) in [4.78, 5) is 16.3. The molecule has 0 fully saturated rings. The highest BCUT2D eigenvalue weighted by molar-refractivity contribution is 7.17. The molecule has 2 aromatic heterocycles. The largest absolute Gasteiger partial charge is 0.493 e. The summed E-state index contributed by atoms with van der Waals surface area (Å²) in [6, 6.07) is 15.7. The zero-order valence-electron chi connectivity index (χ0n) is 18.9. The Hall–Kier alpha value is -3.16. The molecule has 33 heavy (non-hydrogen) atoms. The zero-order valence-corrected chi connectivity index (χ0v) is 19.7. The van der Waals surface area contributed by atoms with Crippen molar-refractivity contribution < 1.29 is 23.8 Å². The Morgan fingerprint density at radius 3 is 2.67 bits per heavy atom. The van der Waals surface area contributed by atoms with Crippen LogP contribution >= 0.6 is 11.3 Å². The van der Waals surface area contributed by atoms with E-state index in [-0.39, 0.29) is 6.10 Å². The average Bonchev–Trinajstić information content (AvgIpc) is 3.42. The van der Waals surface area contributed by atoms with Gasteiger partial charge in [0.25, 0.3) is 0 Å². The van der Waals surface area contributed by atoms with E-state index in [1.807, 2.05) is 74.7 Å². The second-order valence-corrected chi connectivity index (χ2v) is 9.00. The van der Waals surface area contributed by atoms with E-state index in [4.69, 9.17) is 13.9 Å². The molecule has 0 amide bonds. The minimum Gasteiger partial charge on any atom is -0.493 e. The number of carbonyl (C=O) groups is 1. The van der Waals surface area contributed by atoms with Gasteiger partial charge in [-0.15, -0.1) is 11.3 Å². The maximum atomic E-state index is 11.6. The number of aryl methyl sites for hydroxylation is 1. The fraction of sp³-hybridized carbons (Fsp3) is 0.308. The minimum absolute atomic E-state index is 0.157. The summed E-state index contributed by atoms with van der Waals surface area (Å²) >= 11 is 1.58. The molecule has 1 unspecified atom stereocenters. The average molecular weight is 466 g/mol. The molecular weight excluding hydrogens is 438 g/mol. The predicted octanol–water partition coefficient (Wildman–Crippen LogP) is 5.91. The van der Waals surface area contributed by atoms with Crippen molar-refractivity contribution in [1.82, 2.24) is 4.98 Å². The molecule has 0 aliphatic carbocycles. The number of hydrogen-bond donors (Lipinski definition) is 1. The van der Waals surface area contributed by atoms with Gasteiger partial charge in [0.15, 0.2) is 6.10 Å². The molecule has 0 saturated heterocycles. The summed E-state index contributed by atoms with van der Waals surface area (Å²) in [6.45, 7) is 6.05. The SMILES string of the molecule is Cc1oc(-c2ccccc2)nc1CCOc1ccc(CC(OC(C)C)C(=O)O)c2sccc12. The zero-order chi connectivity index (χ0) is 23.4. The number of ether oxygens (including phenoxy) is 2. The van der Waals surface area contributed by atoms with Gasteiger partial charge in [0.1, 0.15) is 11.5 Å². The van der Waals surface area contributed by atoms with Crippen LogP contribution in [0.2, 0.25) is 0 Å². The molecule has 4 rings (SSSR count). The highest BCUT2D eigenvalue weighted by Gasteiger charge is 2.22. The van der Waals surface area contributed by atoms with Gasteiger partial charge in [-0.3, -0.25) is 0 Å². The Kier molecular flexibility index (Phi) is 7.11. The number of carboxylic acid groups (broad SMARTS) is 1. The van der Waals surface area contributed by atoms with Crippen LogP contribution < -0.4 is 4.74 Å². The van der Waals surface area contributed by atoms with Crippen molar-refractivity contribution in [2.45, 2.75) is 45.8 Å². The highest BCUT2D eigenvalue weighted by Crippen LogP contribution is 2.34. The first-order chi connectivity index (χ1) is 15.9. The van der Waals surface area contributed by atoms with E-state index in [2.05, 4.69) is 4.98 Å². The van der Waals surface area contributed by atoms with Gasteiger partial charge in [-0.05, 0) is 56.0 Å². The van der Waals surface area contributed by atoms with Gasteiger partial charge in [-0.1, -0.05) is 24.3 Å². The molecule has 4 aromatic rings. The van der Waals surface area contributed by atoms with E-state index in [1.165, 1.54) is 0 Å². The molecule has 2 aromatic carbocycles. The molecule has 2 heterocycles. The van der Waals surface area contributed by atoms with E-state index in [9.17, 15) is 9.90 Å². The summed E-state index contributed by atoms with van der Waals surface area (Å²) in [6.07, 6.45) is -0.102. The third-order valence-corrected chi connectivity index (χ3v) is 6.28. The number of aliphatic carboxylic acids is 1. The fourth-order valence-corrected chi connectivity index (χ4v) is 4.66. The van der Waals surface area contributed by atoms with E-state index in [1.54, 1.807) is 11.3 Å². The van der Waals surface area contributed by atoms with Crippen molar-refractivity contribution in [3.8, 4) is 17.2 Å². The topological polar surface area (TPSA) is 81.8 Å². The van der Waals surface area contributed by atoms with Gasteiger partial charge in [0, 0.05) is 28.5 Å². The van der Waals surface area contributed by atoms with E-state index in [0.29, 0.717) is 25.3 Å². The number of nitrogens with zero attached hydrogens (tertiary/aromatic N) is 1. The number of thiophene rings is 1. The van der Waals surface area contributed by atoms with Crippen LogP contribution in [0.3, 0.4) is 0 Å². The molecular formula is C26H27NO5S. The van der Waals surface area contributed by atoms with Crippen molar-refractivity contribution in [2.24, 2.45) is 0 Å². The molecule has 0 aliphatic heterocycles. The summed E-state index contributed by atoms with van der Waals surface area (Å²) in [5.74, 6) is 1.23. The monoisotopic (exact) mass is 465 g/mol. The molecule has 7 heteroatoms. The maximum Gasteiger partial charge on any atom is 0.333 e. The van der Waals surface area contributed by atoms with Crippen molar-refractivity contribution >= 4 is 27.4 Å². The number of hydrogen-bond acceptors (Lipinski definition) is 6. The predicted molar refractivity (Wildman–Crippen MR) is 129 cm³/mol. The normalized spacial score (nSPS) is 12.4. The number of benzene rings is 2. The second-order valence-electron chi connectivity index (χ2n) is 8.09. The minimum atomic E-state index is -0.952. The molecule has 1 atom stereocenters. The smallest absolute Gasteiger partial charge is 0.333 e. The van der Waals surface area contributed by atoms with Crippen LogP contribution in [-0.4, -0.2) is 34.9 Å². The lowest BCUT2D eigenvalue weighted by Gasteiger charge is -2.17. The van der Waals surface area contributed by atoms with Gasteiger partial charge in [0.05, 0.1) is 18.4 Å². The molecule has 6 nitrogen and oxygen atoms in total. The number of aromatic nitrogens is 1. The van der Waals surface area contributed by atoms with Crippen molar-refractivity contribution in [2.75, 3.05) is 6.61 Å². The summed E-state index contributed by atoms with van der Waals surface area (Å²) < 4.78 is 18.5. The lowest BCUT2D eigenvalue weighted by molar-refractivity contribution is -0.153. The van der Waals surface area contributed by atoms with Crippen molar-refractivity contribution in [3.63, 3.8) is 0 Å². The molecule has 172 valence electrons. The van der Waals surface area contributed by atoms with Gasteiger partial charge >= 0.3 is 5.97 Å². The molecule has 0 spiro atoms. The summed E-state index contributed by atoms with van der Waals surface area (Å²) in [7, 11) is 0. The summed E-state index contributed by atoms with van der Waals surface area (Å²) in [5.41, 5.74) is 2.77. The Labute approximate surface area is 196 Å². The van der Waals surface area contributed by atoms with Crippen LogP contribution in [0.15, 0.2) is 58.3 Å². The Morgan fingerprint density at radius 1 is 1.15 bits per heavy atom. The van der Waals surface area contributed by atoms with Crippen LogP contribution in [0.25, 0.3) is 21.5 Å². The summed E-state index contributed by atoms with van der Waals surface area (Å²) in [5, 5.41) is 12.5.